The van der Waals surface area contributed by atoms with Crippen molar-refractivity contribution in [2.75, 3.05) is 146 Å². The second kappa shape index (κ2) is 68.4. The van der Waals surface area contributed by atoms with E-state index in [0.717, 1.165) is 52.1 Å². The molecule has 100 heavy (non-hydrogen) atoms. The standard InChI is InChI=1S/C34H58O13.C18H32O6.C17H36O4.C7H17N/c1-7-13-27(35)42-21-33(22-43-28(36)14-8-2,23-44-29(37)15-9-3)19-41-20-34(24-45-30(38)16-10-4,25-46-31(39)17-11-5)26-47-32(40)18-12-6;1-5-9-15(19)22-12-18(8-4,13-23-16(20)10-6-2)14-24-17(21)11-7-3;1-5-9-18-13-17(14-19-10-6-2,15-20-11-7-3)16-21-12-8-4;1-4-6-8(3)7-5-2/h7-26H2,1-6H3;5-14H2,1-4H3;5-16H2,1-4H3;4-7H2,1-3H3. The lowest BCUT2D eigenvalue weighted by atomic mass is 9.88. The molecule has 0 fully saturated rings. The Morgan fingerprint density at radius 2 is 0.370 bits per heavy atom. The Morgan fingerprint density at radius 1 is 0.210 bits per heavy atom. The summed E-state index contributed by atoms with van der Waals surface area (Å²) in [7, 11) is 2.17. The lowest BCUT2D eigenvalue weighted by Crippen LogP contribution is -2.47. The van der Waals surface area contributed by atoms with Crippen molar-refractivity contribution in [3.63, 3.8) is 0 Å². The molecule has 0 rings (SSSR count). The molecular formula is C76H143NO23. The highest BCUT2D eigenvalue weighted by molar-refractivity contribution is 5.72. The molecule has 0 radical (unpaired) electrons. The molecule has 0 saturated heterocycles. The largest absolute Gasteiger partial charge is 0.465 e. The van der Waals surface area contributed by atoms with E-state index in [0.29, 0.717) is 110 Å². The minimum Gasteiger partial charge on any atom is -0.465 e. The van der Waals surface area contributed by atoms with Crippen molar-refractivity contribution in [2.24, 2.45) is 21.7 Å². The second-order valence-electron chi connectivity index (χ2n) is 26.1. The van der Waals surface area contributed by atoms with E-state index in [1.165, 1.54) is 25.9 Å². The lowest BCUT2D eigenvalue weighted by Gasteiger charge is -2.35. The fourth-order valence-corrected chi connectivity index (χ4v) is 8.86. The van der Waals surface area contributed by atoms with Crippen molar-refractivity contribution in [2.45, 2.75) is 271 Å². The predicted octanol–water partition coefficient (Wildman–Crippen LogP) is 13.9. The average molecular weight is 1440 g/mol. The maximum absolute atomic E-state index is 12.4. The fourth-order valence-electron chi connectivity index (χ4n) is 8.86. The Bertz CT molecular complexity index is 1760. The summed E-state index contributed by atoms with van der Waals surface area (Å²) in [5.41, 5.74) is -3.50. The van der Waals surface area contributed by atoms with Gasteiger partial charge >= 0.3 is 53.7 Å². The predicted molar refractivity (Wildman–Crippen MR) is 386 cm³/mol. The number of esters is 9. The zero-order chi connectivity index (χ0) is 76.2. The smallest absolute Gasteiger partial charge is 0.305 e. The molecule has 0 atom stereocenters. The van der Waals surface area contributed by atoms with Gasteiger partial charge in [0.15, 0.2) is 0 Å². The van der Waals surface area contributed by atoms with Crippen LogP contribution in [0.1, 0.15) is 271 Å². The molecule has 0 aliphatic heterocycles. The minimum absolute atomic E-state index is 0.0706. The highest BCUT2D eigenvalue weighted by atomic mass is 16.6. The van der Waals surface area contributed by atoms with Gasteiger partial charge in [-0.1, -0.05) is 111 Å². The summed E-state index contributed by atoms with van der Waals surface area (Å²) < 4.78 is 78.4. The number of ether oxygens (including phenoxy) is 14. The molecule has 0 bridgehead atoms. The number of rotatable bonds is 61. The van der Waals surface area contributed by atoms with Crippen molar-refractivity contribution in [1.82, 2.24) is 4.90 Å². The van der Waals surface area contributed by atoms with Crippen LogP contribution in [-0.4, -0.2) is 204 Å². The van der Waals surface area contributed by atoms with Crippen LogP contribution in [0.25, 0.3) is 0 Å². The molecule has 590 valence electrons. The van der Waals surface area contributed by atoms with Gasteiger partial charge < -0.3 is 71.2 Å². The molecule has 0 amide bonds. The molecule has 0 saturated carbocycles. The van der Waals surface area contributed by atoms with Crippen LogP contribution in [0.3, 0.4) is 0 Å². The molecule has 0 heterocycles. The summed E-state index contributed by atoms with van der Waals surface area (Å²) in [5.74, 6) is -3.81. The van der Waals surface area contributed by atoms with E-state index in [1.807, 2.05) is 69.2 Å². The van der Waals surface area contributed by atoms with Gasteiger partial charge in [0.25, 0.3) is 0 Å². The van der Waals surface area contributed by atoms with Crippen LogP contribution in [0.15, 0.2) is 0 Å². The number of nitrogens with zero attached hydrogens (tertiary/aromatic N) is 1. The van der Waals surface area contributed by atoms with E-state index in [2.05, 4.69) is 53.5 Å². The monoisotopic (exact) mass is 1440 g/mol. The number of hydrogen-bond donors (Lipinski definition) is 0. The molecule has 0 aliphatic rings. The maximum Gasteiger partial charge on any atom is 0.305 e. The molecule has 0 N–H and O–H groups in total. The molecule has 0 aromatic rings. The minimum atomic E-state index is -1.31. The normalized spacial score (nSPS) is 11.3. The molecule has 24 heteroatoms. The molecular weight excluding hydrogens is 1290 g/mol. The van der Waals surface area contributed by atoms with Gasteiger partial charge in [-0.15, -0.1) is 0 Å². The van der Waals surface area contributed by atoms with Crippen LogP contribution in [0.2, 0.25) is 0 Å². The Kier molecular flexibility index (Phi) is 69.3. The van der Waals surface area contributed by atoms with Crippen molar-refractivity contribution in [3.8, 4) is 0 Å². The van der Waals surface area contributed by atoms with Crippen molar-refractivity contribution < 1.29 is 109 Å². The highest BCUT2D eigenvalue weighted by Crippen LogP contribution is 2.29. The fraction of sp³-hybridized carbons (Fsp3) is 0.882. The average Bonchev–Trinajstić information content (AvgIpc) is 0.856. The third-order valence-electron chi connectivity index (χ3n) is 14.7. The van der Waals surface area contributed by atoms with Crippen LogP contribution < -0.4 is 0 Å². The molecule has 0 aromatic carbocycles. The Balaban J connectivity index is -0.000000720. The summed E-state index contributed by atoms with van der Waals surface area (Å²) in [6, 6.07) is 0. The first-order valence-electron chi connectivity index (χ1n) is 37.9. The maximum atomic E-state index is 12.4. The van der Waals surface area contributed by atoms with Gasteiger partial charge in [0.1, 0.15) is 59.5 Å². The molecule has 0 aromatic heterocycles. The van der Waals surface area contributed by atoms with Gasteiger partial charge in [-0.25, -0.2) is 0 Å². The van der Waals surface area contributed by atoms with E-state index in [9.17, 15) is 43.2 Å². The van der Waals surface area contributed by atoms with Crippen LogP contribution in [-0.2, 0) is 109 Å². The molecule has 0 unspecified atom stereocenters. The van der Waals surface area contributed by atoms with E-state index in [1.54, 1.807) is 0 Å². The molecule has 24 nitrogen and oxygen atoms in total. The van der Waals surface area contributed by atoms with E-state index in [-0.39, 0.29) is 135 Å². The van der Waals surface area contributed by atoms with Gasteiger partial charge in [0.2, 0.25) is 0 Å². The number of carbonyl (C=O) groups excluding carboxylic acids is 9. The Hall–Kier alpha value is -5.01. The van der Waals surface area contributed by atoms with Crippen LogP contribution in [0.4, 0.5) is 0 Å². The van der Waals surface area contributed by atoms with Crippen molar-refractivity contribution >= 4 is 53.7 Å². The van der Waals surface area contributed by atoms with Gasteiger partial charge in [-0.3, -0.25) is 43.2 Å². The van der Waals surface area contributed by atoms with Crippen LogP contribution in [0.5, 0.6) is 0 Å². The van der Waals surface area contributed by atoms with Crippen molar-refractivity contribution in [3.05, 3.63) is 0 Å². The molecule has 0 aliphatic carbocycles. The van der Waals surface area contributed by atoms with E-state index >= 15 is 0 Å². The van der Waals surface area contributed by atoms with Gasteiger partial charge in [-0.2, -0.15) is 0 Å². The zero-order valence-electron chi connectivity index (χ0n) is 65.9. The summed E-state index contributed by atoms with van der Waals surface area (Å²) in [4.78, 5) is 112. The third kappa shape index (κ3) is 57.5. The first-order chi connectivity index (χ1) is 47.9. The second-order valence-corrected chi connectivity index (χ2v) is 26.1. The highest BCUT2D eigenvalue weighted by Gasteiger charge is 2.41. The molecule has 0 spiro atoms. The summed E-state index contributed by atoms with van der Waals surface area (Å²) >= 11 is 0. The third-order valence-corrected chi connectivity index (χ3v) is 14.7. The van der Waals surface area contributed by atoms with Crippen molar-refractivity contribution in [1.29, 1.82) is 0 Å². The lowest BCUT2D eigenvalue weighted by molar-refractivity contribution is -0.176. The summed E-state index contributed by atoms with van der Waals surface area (Å²) in [6.07, 6.45) is 14.5. The van der Waals surface area contributed by atoms with Gasteiger partial charge in [0, 0.05) is 84.2 Å². The quantitative estimate of drug-likeness (QED) is 0.0310. The number of carbonyl (C=O) groups is 9. The van der Waals surface area contributed by atoms with Gasteiger partial charge in [0.05, 0.1) is 61.3 Å². The SMILES string of the molecule is CCCC(=O)OCC(CC)(COC(=O)CCC)COC(=O)CCC.CCCC(=O)OCC(COCC(COC(=O)CCC)(COC(=O)CCC)COC(=O)CCC)(COC(=O)CCC)COC(=O)CCC.CCCN(C)CCC.CCCOCC(COCCC)(COCCC)COCCC. The summed E-state index contributed by atoms with van der Waals surface area (Å²) in [5, 5.41) is 0. The van der Waals surface area contributed by atoms with E-state index < -0.39 is 52.1 Å². The first kappa shape index (κ1) is 101. The van der Waals surface area contributed by atoms with Crippen LogP contribution in [0, 0.1) is 21.7 Å². The number of hydrogen-bond acceptors (Lipinski definition) is 24. The Morgan fingerprint density at radius 3 is 0.520 bits per heavy atom. The van der Waals surface area contributed by atoms with Gasteiger partial charge in [-0.05, 0) is 123 Å². The first-order valence-corrected chi connectivity index (χ1v) is 37.9. The Labute approximate surface area is 604 Å². The topological polar surface area (TPSA) is 286 Å². The summed E-state index contributed by atoms with van der Waals surface area (Å²) in [6.45, 7) is 37.5. The zero-order valence-corrected chi connectivity index (χ0v) is 65.9. The van der Waals surface area contributed by atoms with E-state index in [4.69, 9.17) is 66.3 Å². The van der Waals surface area contributed by atoms with Crippen LogP contribution >= 0.6 is 0 Å².